The van der Waals surface area contributed by atoms with Gasteiger partial charge in [-0.3, -0.25) is 4.79 Å². The van der Waals surface area contributed by atoms with Crippen LogP contribution in [-0.2, 0) is 4.79 Å². The number of carbonyl (C=O) groups excluding carboxylic acids is 1. The van der Waals surface area contributed by atoms with Crippen molar-refractivity contribution >= 4 is 5.78 Å². The second-order valence-electron chi connectivity index (χ2n) is 12.8. The standard InChI is InChI=1S/C36H73NO3/c1-3-5-7-9-11-13-15-17-18-20-22-24-26-28-30-32-34(39)35(36(37)40)33(38)31-29-27-25-23-21-19-16-14-12-10-8-6-4-2/h33,35-36,38,40H,3-32,37H2,1-2H3/t33-,35-,36?/m1/s1. The average molecular weight is 568 g/mol. The zero-order valence-corrected chi connectivity index (χ0v) is 27.3. The molecule has 0 saturated heterocycles. The van der Waals surface area contributed by atoms with Gasteiger partial charge in [0.15, 0.2) is 0 Å². The van der Waals surface area contributed by atoms with Gasteiger partial charge in [-0.05, 0) is 12.8 Å². The molecule has 240 valence electrons. The maximum atomic E-state index is 12.7. The molecule has 0 aromatic heterocycles. The van der Waals surface area contributed by atoms with E-state index in [4.69, 9.17) is 5.73 Å². The van der Waals surface area contributed by atoms with Crippen molar-refractivity contribution in [2.24, 2.45) is 11.7 Å². The largest absolute Gasteiger partial charge is 0.392 e. The van der Waals surface area contributed by atoms with E-state index in [2.05, 4.69) is 13.8 Å². The highest BCUT2D eigenvalue weighted by Crippen LogP contribution is 2.20. The molecule has 0 aromatic carbocycles. The zero-order valence-electron chi connectivity index (χ0n) is 27.3. The lowest BCUT2D eigenvalue weighted by atomic mass is 9.89. The minimum Gasteiger partial charge on any atom is -0.392 e. The van der Waals surface area contributed by atoms with Gasteiger partial charge in [0.25, 0.3) is 0 Å². The zero-order chi connectivity index (χ0) is 29.5. The number of rotatable bonds is 33. The van der Waals surface area contributed by atoms with Crippen LogP contribution >= 0.6 is 0 Å². The summed E-state index contributed by atoms with van der Waals surface area (Å²) in [6, 6.07) is 0. The second kappa shape index (κ2) is 31.5. The number of Topliss-reactive ketones (excluding diaryl/α,β-unsaturated/α-hetero) is 1. The number of unbranched alkanes of at least 4 members (excludes halogenated alkanes) is 26. The number of aliphatic hydroxyl groups excluding tert-OH is 2. The Morgan fingerprint density at radius 3 is 1.05 bits per heavy atom. The van der Waals surface area contributed by atoms with Gasteiger partial charge in [0, 0.05) is 6.42 Å². The molecular weight excluding hydrogens is 494 g/mol. The van der Waals surface area contributed by atoms with Crippen molar-refractivity contribution in [3.63, 3.8) is 0 Å². The lowest BCUT2D eigenvalue weighted by Crippen LogP contribution is -2.43. The fourth-order valence-corrected chi connectivity index (χ4v) is 6.02. The Balaban J connectivity index is 3.67. The van der Waals surface area contributed by atoms with E-state index in [1.165, 1.54) is 154 Å². The van der Waals surface area contributed by atoms with Crippen LogP contribution in [0.25, 0.3) is 0 Å². The van der Waals surface area contributed by atoms with Gasteiger partial charge in [-0.25, -0.2) is 0 Å². The molecule has 0 aliphatic rings. The number of hydrogen-bond donors (Lipinski definition) is 3. The summed E-state index contributed by atoms with van der Waals surface area (Å²) in [6.45, 7) is 4.54. The molecule has 0 rings (SSSR count). The first kappa shape index (κ1) is 39.5. The summed E-state index contributed by atoms with van der Waals surface area (Å²) in [6.07, 6.45) is 35.0. The predicted octanol–water partition coefficient (Wildman–Crippen LogP) is 10.6. The van der Waals surface area contributed by atoms with Crippen LogP contribution in [0.2, 0.25) is 0 Å². The van der Waals surface area contributed by atoms with Gasteiger partial charge in [0.05, 0.1) is 12.0 Å². The number of nitrogens with two attached hydrogens (primary N) is 1. The molecule has 0 radical (unpaired) electrons. The second-order valence-corrected chi connectivity index (χ2v) is 12.8. The first-order chi connectivity index (χ1) is 19.5. The molecule has 0 amide bonds. The molecule has 4 heteroatoms. The van der Waals surface area contributed by atoms with Crippen LogP contribution in [0.4, 0.5) is 0 Å². The van der Waals surface area contributed by atoms with Crippen molar-refractivity contribution in [2.45, 2.75) is 219 Å². The summed E-state index contributed by atoms with van der Waals surface area (Å²) in [5.41, 5.74) is 5.71. The van der Waals surface area contributed by atoms with Crippen molar-refractivity contribution in [3.8, 4) is 0 Å². The van der Waals surface area contributed by atoms with Crippen LogP contribution in [0, 0.1) is 5.92 Å². The van der Waals surface area contributed by atoms with Gasteiger partial charge < -0.3 is 15.9 Å². The number of hydrogen-bond acceptors (Lipinski definition) is 4. The smallest absolute Gasteiger partial charge is 0.142 e. The predicted molar refractivity (Wildman–Crippen MR) is 175 cm³/mol. The first-order valence-electron chi connectivity index (χ1n) is 18.2. The van der Waals surface area contributed by atoms with Crippen LogP contribution in [0.5, 0.6) is 0 Å². The van der Waals surface area contributed by atoms with E-state index in [1.54, 1.807) is 0 Å². The average Bonchev–Trinajstić information content (AvgIpc) is 2.93. The molecule has 0 heterocycles. The quantitative estimate of drug-likeness (QED) is 0.0544. The molecule has 0 aliphatic carbocycles. The van der Waals surface area contributed by atoms with Gasteiger partial charge in [-0.15, -0.1) is 0 Å². The minimum atomic E-state index is -1.26. The SMILES string of the molecule is CCCCCCCCCCCCCCCCCC(=O)[C@H](C(N)O)[C@H](O)CCCCCCCCCCCCCCC. The van der Waals surface area contributed by atoms with Crippen molar-refractivity contribution in [2.75, 3.05) is 0 Å². The van der Waals surface area contributed by atoms with Crippen molar-refractivity contribution in [1.29, 1.82) is 0 Å². The Labute approximate surface area is 251 Å². The fourth-order valence-electron chi connectivity index (χ4n) is 6.02. The summed E-state index contributed by atoms with van der Waals surface area (Å²) < 4.78 is 0. The monoisotopic (exact) mass is 568 g/mol. The van der Waals surface area contributed by atoms with Gasteiger partial charge in [0.1, 0.15) is 12.0 Å². The summed E-state index contributed by atoms with van der Waals surface area (Å²) in [5.74, 6) is -0.893. The molecule has 1 unspecified atom stereocenters. The highest BCUT2D eigenvalue weighted by Gasteiger charge is 2.30. The molecule has 4 nitrogen and oxygen atoms in total. The molecular formula is C36H73NO3. The fraction of sp³-hybridized carbons (Fsp3) is 0.972. The van der Waals surface area contributed by atoms with Crippen molar-refractivity contribution in [3.05, 3.63) is 0 Å². The molecule has 40 heavy (non-hydrogen) atoms. The van der Waals surface area contributed by atoms with E-state index < -0.39 is 18.2 Å². The van der Waals surface area contributed by atoms with Gasteiger partial charge in [-0.2, -0.15) is 0 Å². The van der Waals surface area contributed by atoms with Gasteiger partial charge in [0.2, 0.25) is 0 Å². The van der Waals surface area contributed by atoms with E-state index in [0.29, 0.717) is 12.8 Å². The number of ketones is 1. The Morgan fingerprint density at radius 2 is 0.750 bits per heavy atom. The number of aliphatic hydroxyl groups is 2. The van der Waals surface area contributed by atoms with Crippen molar-refractivity contribution < 1.29 is 15.0 Å². The molecule has 3 atom stereocenters. The Bertz CT molecular complexity index is 510. The summed E-state index contributed by atoms with van der Waals surface area (Å²) in [4.78, 5) is 12.7. The lowest BCUT2D eigenvalue weighted by Gasteiger charge is -2.24. The van der Waals surface area contributed by atoms with E-state index >= 15 is 0 Å². The molecule has 0 saturated carbocycles. The Kier molecular flexibility index (Phi) is 31.1. The lowest BCUT2D eigenvalue weighted by molar-refractivity contribution is -0.132. The van der Waals surface area contributed by atoms with Gasteiger partial charge >= 0.3 is 0 Å². The molecule has 0 aliphatic heterocycles. The molecule has 0 fully saturated rings. The van der Waals surface area contributed by atoms with E-state index in [0.717, 1.165) is 25.7 Å². The van der Waals surface area contributed by atoms with Crippen LogP contribution in [-0.4, -0.2) is 28.3 Å². The number of carbonyl (C=O) groups is 1. The van der Waals surface area contributed by atoms with Crippen molar-refractivity contribution in [1.82, 2.24) is 0 Å². The maximum Gasteiger partial charge on any atom is 0.142 e. The van der Waals surface area contributed by atoms with E-state index in [1.807, 2.05) is 0 Å². The molecule has 0 bridgehead atoms. The van der Waals surface area contributed by atoms with Gasteiger partial charge in [-0.1, -0.05) is 187 Å². The third kappa shape index (κ3) is 26.4. The minimum absolute atomic E-state index is 0.0631. The topological polar surface area (TPSA) is 83.6 Å². The summed E-state index contributed by atoms with van der Waals surface area (Å²) in [5, 5.41) is 20.6. The molecule has 0 aromatic rings. The highest BCUT2D eigenvalue weighted by atomic mass is 16.3. The Hall–Kier alpha value is -0.450. The first-order valence-corrected chi connectivity index (χ1v) is 18.2. The third-order valence-electron chi connectivity index (χ3n) is 8.78. The maximum absolute atomic E-state index is 12.7. The normalized spacial score (nSPS) is 13.9. The van der Waals surface area contributed by atoms with E-state index in [9.17, 15) is 15.0 Å². The summed E-state index contributed by atoms with van der Waals surface area (Å²) in [7, 11) is 0. The molecule has 0 spiro atoms. The Morgan fingerprint density at radius 1 is 0.475 bits per heavy atom. The third-order valence-corrected chi connectivity index (χ3v) is 8.78. The molecule has 4 N–H and O–H groups in total. The van der Waals surface area contributed by atoms with Crippen LogP contribution in [0.1, 0.15) is 206 Å². The van der Waals surface area contributed by atoms with Crippen LogP contribution in [0.15, 0.2) is 0 Å². The van der Waals surface area contributed by atoms with Crippen LogP contribution < -0.4 is 5.73 Å². The summed E-state index contributed by atoms with van der Waals surface area (Å²) >= 11 is 0. The van der Waals surface area contributed by atoms with Crippen LogP contribution in [0.3, 0.4) is 0 Å². The highest BCUT2D eigenvalue weighted by molar-refractivity contribution is 5.82. The van der Waals surface area contributed by atoms with E-state index in [-0.39, 0.29) is 5.78 Å².